The number of nitrogens with two attached hydrogens (primary N) is 1. The maximum Gasteiger partial charge on any atom is 0.276 e. The van der Waals surface area contributed by atoms with Crippen molar-refractivity contribution >= 4 is 23.4 Å². The average Bonchev–Trinajstić information content (AvgIpc) is 2.17. The number of hydrogen-bond donors (Lipinski definition) is 2. The average molecular weight is 229 g/mol. The number of amides is 2. The molecular weight excluding hydrogens is 220 g/mol. The van der Waals surface area contributed by atoms with Crippen molar-refractivity contribution < 1.29 is 14.4 Å². The second-order valence-corrected chi connectivity index (χ2v) is 3.07. The minimum Gasteiger partial charge on any atom is -0.368 e. The zero-order chi connectivity index (χ0) is 11.3. The molecule has 5 nitrogen and oxygen atoms in total. The van der Waals surface area contributed by atoms with Crippen LogP contribution in [0, 0.1) is 0 Å². The molecule has 0 atom stereocenters. The van der Waals surface area contributed by atoms with Crippen molar-refractivity contribution in [3.63, 3.8) is 0 Å². The van der Waals surface area contributed by atoms with Gasteiger partial charge in [0.1, 0.15) is 0 Å². The Labute approximate surface area is 91.1 Å². The minimum absolute atomic E-state index is 0.267. The van der Waals surface area contributed by atoms with E-state index in [0.29, 0.717) is 5.02 Å². The number of carbonyl (C=O) groups is 2. The van der Waals surface area contributed by atoms with Crippen molar-refractivity contribution in [2.24, 2.45) is 5.73 Å². The molecule has 0 aliphatic carbocycles. The van der Waals surface area contributed by atoms with Crippen molar-refractivity contribution in [3.8, 4) is 0 Å². The van der Waals surface area contributed by atoms with Gasteiger partial charge in [0, 0.05) is 0 Å². The van der Waals surface area contributed by atoms with Crippen LogP contribution in [0.1, 0.15) is 10.4 Å². The quantitative estimate of drug-likeness (QED) is 0.736. The standard InChI is InChI=1S/C9H9ClN2O3/c10-7-4-2-1-3-6(7)9(14)12-15-5-8(11)13/h1-4H,5H2,(H2,11,13)(H,12,14). The van der Waals surface area contributed by atoms with Gasteiger partial charge in [-0.05, 0) is 12.1 Å². The van der Waals surface area contributed by atoms with E-state index in [9.17, 15) is 9.59 Å². The summed E-state index contributed by atoms with van der Waals surface area (Å²) in [6.45, 7) is -0.379. The Kier molecular flexibility index (Phi) is 4.08. The maximum atomic E-state index is 11.4. The lowest BCUT2D eigenvalue weighted by Crippen LogP contribution is -2.29. The van der Waals surface area contributed by atoms with E-state index in [2.05, 4.69) is 4.84 Å². The minimum atomic E-state index is -0.672. The van der Waals surface area contributed by atoms with Gasteiger partial charge in [0.2, 0.25) is 5.91 Å². The fourth-order valence-electron chi connectivity index (χ4n) is 0.873. The summed E-state index contributed by atoms with van der Waals surface area (Å²) < 4.78 is 0. The van der Waals surface area contributed by atoms with Crippen LogP contribution in [0.2, 0.25) is 5.02 Å². The van der Waals surface area contributed by atoms with Crippen LogP contribution >= 0.6 is 11.6 Å². The number of primary amides is 1. The molecule has 0 fully saturated rings. The first-order valence-electron chi connectivity index (χ1n) is 4.06. The maximum absolute atomic E-state index is 11.4. The fourth-order valence-corrected chi connectivity index (χ4v) is 1.09. The zero-order valence-corrected chi connectivity index (χ0v) is 8.45. The predicted octanol–water partition coefficient (Wildman–Crippen LogP) is 0.487. The summed E-state index contributed by atoms with van der Waals surface area (Å²) in [5.41, 5.74) is 7.12. The number of nitrogens with one attached hydrogen (secondary N) is 1. The largest absolute Gasteiger partial charge is 0.368 e. The summed E-state index contributed by atoms with van der Waals surface area (Å²) in [4.78, 5) is 26.2. The second-order valence-electron chi connectivity index (χ2n) is 2.67. The van der Waals surface area contributed by atoms with Crippen LogP contribution in [-0.4, -0.2) is 18.4 Å². The van der Waals surface area contributed by atoms with Gasteiger partial charge in [-0.25, -0.2) is 5.48 Å². The van der Waals surface area contributed by atoms with Gasteiger partial charge in [-0.3, -0.25) is 14.4 Å². The molecule has 6 heteroatoms. The lowest BCUT2D eigenvalue weighted by Gasteiger charge is -2.05. The van der Waals surface area contributed by atoms with E-state index >= 15 is 0 Å². The van der Waals surface area contributed by atoms with Gasteiger partial charge >= 0.3 is 0 Å². The van der Waals surface area contributed by atoms with Crippen LogP contribution in [0.4, 0.5) is 0 Å². The third-order valence-electron chi connectivity index (χ3n) is 1.50. The van der Waals surface area contributed by atoms with Gasteiger partial charge in [0.05, 0.1) is 10.6 Å². The number of carbonyl (C=O) groups excluding carboxylic acids is 2. The van der Waals surface area contributed by atoms with Crippen LogP contribution in [0.5, 0.6) is 0 Å². The third kappa shape index (κ3) is 3.57. The van der Waals surface area contributed by atoms with E-state index in [1.807, 2.05) is 5.48 Å². The molecule has 0 heterocycles. The Morgan fingerprint density at radius 2 is 2.07 bits per heavy atom. The molecule has 1 aromatic rings. The van der Waals surface area contributed by atoms with Crippen molar-refractivity contribution in [2.75, 3.05) is 6.61 Å². The number of hydrogen-bond acceptors (Lipinski definition) is 3. The first-order valence-corrected chi connectivity index (χ1v) is 4.44. The highest BCUT2D eigenvalue weighted by molar-refractivity contribution is 6.33. The Morgan fingerprint density at radius 3 is 2.67 bits per heavy atom. The van der Waals surface area contributed by atoms with Crippen LogP contribution in [-0.2, 0) is 9.63 Å². The number of benzene rings is 1. The molecule has 80 valence electrons. The van der Waals surface area contributed by atoms with E-state index in [1.165, 1.54) is 6.07 Å². The molecule has 15 heavy (non-hydrogen) atoms. The molecule has 0 saturated heterocycles. The molecule has 0 saturated carbocycles. The number of rotatable bonds is 4. The Bertz CT molecular complexity index is 381. The first kappa shape index (κ1) is 11.5. The van der Waals surface area contributed by atoms with Crippen molar-refractivity contribution in [1.82, 2.24) is 5.48 Å². The van der Waals surface area contributed by atoms with Crippen LogP contribution < -0.4 is 11.2 Å². The van der Waals surface area contributed by atoms with Gasteiger partial charge in [-0.2, -0.15) is 0 Å². The molecule has 0 aromatic heterocycles. The molecule has 0 unspecified atom stereocenters. The zero-order valence-electron chi connectivity index (χ0n) is 7.70. The highest BCUT2D eigenvalue weighted by Gasteiger charge is 2.09. The third-order valence-corrected chi connectivity index (χ3v) is 1.83. The summed E-state index contributed by atoms with van der Waals surface area (Å²) in [5, 5.41) is 0.303. The number of hydroxylamine groups is 1. The highest BCUT2D eigenvalue weighted by Crippen LogP contribution is 2.14. The molecule has 0 bridgehead atoms. The van der Waals surface area contributed by atoms with Gasteiger partial charge in [-0.15, -0.1) is 0 Å². The van der Waals surface area contributed by atoms with E-state index < -0.39 is 11.8 Å². The summed E-state index contributed by atoms with van der Waals surface area (Å²) in [6.07, 6.45) is 0. The Hall–Kier alpha value is -1.59. The summed E-state index contributed by atoms with van der Waals surface area (Å²) in [6, 6.07) is 6.47. The molecule has 1 rings (SSSR count). The lowest BCUT2D eigenvalue weighted by molar-refractivity contribution is -0.124. The number of halogens is 1. The predicted molar refractivity (Wildman–Crippen MR) is 54.1 cm³/mol. The van der Waals surface area contributed by atoms with Crippen molar-refractivity contribution in [3.05, 3.63) is 34.9 Å². The summed E-state index contributed by atoms with van der Waals surface area (Å²) in [5.74, 6) is -1.20. The monoisotopic (exact) mass is 228 g/mol. The van der Waals surface area contributed by atoms with E-state index in [4.69, 9.17) is 17.3 Å². The first-order chi connectivity index (χ1) is 7.11. The molecule has 0 aliphatic heterocycles. The fraction of sp³-hybridized carbons (Fsp3) is 0.111. The van der Waals surface area contributed by atoms with Gasteiger partial charge in [-0.1, -0.05) is 23.7 Å². The lowest BCUT2D eigenvalue weighted by atomic mass is 10.2. The second kappa shape index (κ2) is 5.33. The SMILES string of the molecule is NC(=O)CONC(=O)c1ccccc1Cl. The smallest absolute Gasteiger partial charge is 0.276 e. The molecule has 0 radical (unpaired) electrons. The Balaban J connectivity index is 2.54. The van der Waals surface area contributed by atoms with E-state index in [0.717, 1.165) is 0 Å². The van der Waals surface area contributed by atoms with Gasteiger partial charge < -0.3 is 5.73 Å². The van der Waals surface area contributed by atoms with Gasteiger partial charge in [0.25, 0.3) is 5.91 Å². The molecule has 2 amide bonds. The van der Waals surface area contributed by atoms with Crippen LogP contribution in [0.25, 0.3) is 0 Å². The highest BCUT2D eigenvalue weighted by atomic mass is 35.5. The molecular formula is C9H9ClN2O3. The van der Waals surface area contributed by atoms with Gasteiger partial charge in [0.15, 0.2) is 6.61 Å². The molecule has 3 N–H and O–H groups in total. The van der Waals surface area contributed by atoms with E-state index in [-0.39, 0.29) is 12.2 Å². The van der Waals surface area contributed by atoms with E-state index in [1.54, 1.807) is 18.2 Å². The van der Waals surface area contributed by atoms with Crippen LogP contribution in [0.3, 0.4) is 0 Å². The summed E-state index contributed by atoms with van der Waals surface area (Å²) in [7, 11) is 0. The molecule has 1 aromatic carbocycles. The molecule has 0 spiro atoms. The Morgan fingerprint density at radius 1 is 1.40 bits per heavy atom. The van der Waals surface area contributed by atoms with Crippen LogP contribution in [0.15, 0.2) is 24.3 Å². The van der Waals surface area contributed by atoms with Crippen molar-refractivity contribution in [2.45, 2.75) is 0 Å². The normalized spacial score (nSPS) is 9.67. The van der Waals surface area contributed by atoms with Crippen molar-refractivity contribution in [1.29, 1.82) is 0 Å². The topological polar surface area (TPSA) is 81.4 Å². The molecule has 0 aliphatic rings. The summed E-state index contributed by atoms with van der Waals surface area (Å²) >= 11 is 5.75.